The first-order valence-corrected chi connectivity index (χ1v) is 6.41. The molecule has 0 radical (unpaired) electrons. The molecule has 2 nitrogen and oxygen atoms in total. The fraction of sp³-hybridized carbons (Fsp3) is 0.462. The van der Waals surface area contributed by atoms with Crippen molar-refractivity contribution in [2.24, 2.45) is 0 Å². The van der Waals surface area contributed by atoms with E-state index in [1.54, 1.807) is 0 Å². The lowest BCUT2D eigenvalue weighted by Gasteiger charge is -2.35. The Balaban J connectivity index is 2.23. The van der Waals surface area contributed by atoms with E-state index in [0.29, 0.717) is 24.7 Å². The second-order valence-electron chi connectivity index (χ2n) is 4.47. The van der Waals surface area contributed by atoms with Crippen molar-refractivity contribution in [1.82, 2.24) is 0 Å². The number of anilines is 1. The van der Waals surface area contributed by atoms with Gasteiger partial charge in [-0.05, 0) is 37.6 Å². The molecule has 86 valence electrons. The molecular formula is C13H16BrNO. The molecule has 0 aromatic heterocycles. The van der Waals surface area contributed by atoms with Gasteiger partial charge in [-0.15, -0.1) is 0 Å². The molecule has 0 aliphatic carbocycles. The second-order valence-corrected chi connectivity index (χ2v) is 5.32. The number of halogens is 1. The van der Waals surface area contributed by atoms with Gasteiger partial charge in [-0.1, -0.05) is 15.9 Å². The van der Waals surface area contributed by atoms with Gasteiger partial charge < -0.3 is 4.90 Å². The van der Waals surface area contributed by atoms with Gasteiger partial charge in [-0.2, -0.15) is 0 Å². The van der Waals surface area contributed by atoms with Crippen molar-refractivity contribution in [2.45, 2.75) is 32.7 Å². The Labute approximate surface area is 105 Å². The van der Waals surface area contributed by atoms with Crippen LogP contribution in [-0.4, -0.2) is 18.4 Å². The second kappa shape index (κ2) is 4.58. The molecule has 1 atom stereocenters. The van der Waals surface area contributed by atoms with E-state index in [1.807, 2.05) is 0 Å². The number of hydrogen-bond donors (Lipinski definition) is 0. The van der Waals surface area contributed by atoms with Gasteiger partial charge >= 0.3 is 0 Å². The van der Waals surface area contributed by atoms with E-state index in [1.165, 1.54) is 11.3 Å². The molecular weight excluding hydrogens is 266 g/mol. The van der Waals surface area contributed by atoms with Crippen molar-refractivity contribution >= 4 is 27.4 Å². The third kappa shape index (κ3) is 2.29. The van der Waals surface area contributed by atoms with Crippen LogP contribution in [0.25, 0.3) is 0 Å². The summed E-state index contributed by atoms with van der Waals surface area (Å²) in [5, 5.41) is 0. The molecule has 1 fully saturated rings. The highest BCUT2D eigenvalue weighted by Crippen LogP contribution is 2.27. The quantitative estimate of drug-likeness (QED) is 0.787. The lowest BCUT2D eigenvalue weighted by atomic mass is 10.0. The van der Waals surface area contributed by atoms with Crippen LogP contribution in [0.1, 0.15) is 25.3 Å². The molecule has 0 amide bonds. The largest absolute Gasteiger partial charge is 0.368 e. The van der Waals surface area contributed by atoms with Crippen molar-refractivity contribution in [1.29, 1.82) is 0 Å². The van der Waals surface area contributed by atoms with E-state index in [0.717, 1.165) is 11.0 Å². The normalized spacial score (nSPS) is 21.3. The van der Waals surface area contributed by atoms with Crippen LogP contribution in [0.3, 0.4) is 0 Å². The van der Waals surface area contributed by atoms with E-state index in [9.17, 15) is 4.79 Å². The molecule has 16 heavy (non-hydrogen) atoms. The van der Waals surface area contributed by atoms with Gasteiger partial charge in [0.25, 0.3) is 0 Å². The predicted molar refractivity (Wildman–Crippen MR) is 69.9 cm³/mol. The monoisotopic (exact) mass is 281 g/mol. The van der Waals surface area contributed by atoms with Gasteiger partial charge in [0.1, 0.15) is 5.78 Å². The van der Waals surface area contributed by atoms with Crippen molar-refractivity contribution in [3.8, 4) is 0 Å². The third-order valence-corrected chi connectivity index (χ3v) is 4.05. The Bertz CT molecular complexity index is 416. The van der Waals surface area contributed by atoms with Crippen LogP contribution in [0, 0.1) is 6.92 Å². The average Bonchev–Trinajstić information content (AvgIpc) is 2.22. The smallest absolute Gasteiger partial charge is 0.136 e. The SMILES string of the molecule is Cc1cc(N2CCC(=O)CC2C)ccc1Br. The highest BCUT2D eigenvalue weighted by Gasteiger charge is 2.23. The maximum absolute atomic E-state index is 11.3. The van der Waals surface area contributed by atoms with Crippen LogP contribution in [0.5, 0.6) is 0 Å². The van der Waals surface area contributed by atoms with Gasteiger partial charge in [0, 0.05) is 35.6 Å². The van der Waals surface area contributed by atoms with E-state index >= 15 is 0 Å². The molecule has 0 N–H and O–H groups in total. The molecule has 1 aliphatic heterocycles. The number of hydrogen-bond acceptors (Lipinski definition) is 2. The molecule has 0 spiro atoms. The number of Topliss-reactive ketones (excluding diaryl/α,β-unsaturated/α-hetero) is 1. The summed E-state index contributed by atoms with van der Waals surface area (Å²) < 4.78 is 1.14. The topological polar surface area (TPSA) is 20.3 Å². The minimum atomic E-state index is 0.321. The van der Waals surface area contributed by atoms with Crippen molar-refractivity contribution in [3.63, 3.8) is 0 Å². The van der Waals surface area contributed by atoms with E-state index in [2.05, 4.69) is 52.9 Å². The lowest BCUT2D eigenvalue weighted by Crippen LogP contribution is -2.41. The number of carbonyl (C=O) groups is 1. The molecule has 1 aromatic carbocycles. The fourth-order valence-electron chi connectivity index (χ4n) is 2.20. The van der Waals surface area contributed by atoms with Crippen molar-refractivity contribution < 1.29 is 4.79 Å². The van der Waals surface area contributed by atoms with Gasteiger partial charge in [-0.3, -0.25) is 4.79 Å². The molecule has 1 saturated heterocycles. The van der Waals surface area contributed by atoms with Gasteiger partial charge in [0.15, 0.2) is 0 Å². The number of piperidine rings is 1. The van der Waals surface area contributed by atoms with Crippen LogP contribution < -0.4 is 4.90 Å². The van der Waals surface area contributed by atoms with Crippen LogP contribution in [0.4, 0.5) is 5.69 Å². The maximum atomic E-state index is 11.3. The Kier molecular flexibility index (Phi) is 3.33. The Morgan fingerprint density at radius 3 is 2.81 bits per heavy atom. The number of nitrogens with zero attached hydrogens (tertiary/aromatic N) is 1. The summed E-state index contributed by atoms with van der Waals surface area (Å²) in [5.41, 5.74) is 2.46. The first-order chi connectivity index (χ1) is 7.58. The highest BCUT2D eigenvalue weighted by molar-refractivity contribution is 9.10. The Hall–Kier alpha value is -0.830. The number of benzene rings is 1. The molecule has 2 rings (SSSR count). The molecule has 1 heterocycles. The number of carbonyl (C=O) groups excluding carboxylic acids is 1. The zero-order valence-electron chi connectivity index (χ0n) is 9.66. The van der Waals surface area contributed by atoms with E-state index in [-0.39, 0.29) is 0 Å². The molecule has 3 heteroatoms. The lowest BCUT2D eigenvalue weighted by molar-refractivity contribution is -0.120. The summed E-state index contributed by atoms with van der Waals surface area (Å²) in [6.07, 6.45) is 1.36. The van der Waals surface area contributed by atoms with E-state index in [4.69, 9.17) is 0 Å². The summed E-state index contributed by atoms with van der Waals surface area (Å²) in [7, 11) is 0. The summed E-state index contributed by atoms with van der Waals surface area (Å²) in [6, 6.07) is 6.69. The van der Waals surface area contributed by atoms with Crippen LogP contribution >= 0.6 is 15.9 Å². The van der Waals surface area contributed by atoms with Gasteiger partial charge in [-0.25, -0.2) is 0 Å². The van der Waals surface area contributed by atoms with Crippen molar-refractivity contribution in [2.75, 3.05) is 11.4 Å². The third-order valence-electron chi connectivity index (χ3n) is 3.16. The van der Waals surface area contributed by atoms with Gasteiger partial charge in [0.05, 0.1) is 0 Å². The fourth-order valence-corrected chi connectivity index (χ4v) is 2.45. The molecule has 1 unspecified atom stereocenters. The average molecular weight is 282 g/mol. The number of rotatable bonds is 1. The van der Waals surface area contributed by atoms with Crippen LogP contribution in [0.15, 0.2) is 22.7 Å². The zero-order valence-corrected chi connectivity index (χ0v) is 11.3. The Morgan fingerprint density at radius 1 is 1.44 bits per heavy atom. The molecule has 0 saturated carbocycles. The summed E-state index contributed by atoms with van der Waals surface area (Å²) >= 11 is 3.51. The zero-order chi connectivity index (χ0) is 11.7. The summed E-state index contributed by atoms with van der Waals surface area (Å²) in [6.45, 7) is 5.06. The highest BCUT2D eigenvalue weighted by atomic mass is 79.9. The first-order valence-electron chi connectivity index (χ1n) is 5.62. The van der Waals surface area contributed by atoms with Crippen molar-refractivity contribution in [3.05, 3.63) is 28.2 Å². The predicted octanol–water partition coefficient (Wildman–Crippen LogP) is 3.32. The minimum absolute atomic E-state index is 0.321. The number of ketones is 1. The maximum Gasteiger partial charge on any atom is 0.136 e. The summed E-state index contributed by atoms with van der Waals surface area (Å²) in [4.78, 5) is 13.7. The van der Waals surface area contributed by atoms with Crippen LogP contribution in [0.2, 0.25) is 0 Å². The first kappa shape index (κ1) is 11.6. The minimum Gasteiger partial charge on any atom is -0.368 e. The molecule has 1 aromatic rings. The van der Waals surface area contributed by atoms with Gasteiger partial charge in [0.2, 0.25) is 0 Å². The Morgan fingerprint density at radius 2 is 2.19 bits per heavy atom. The van der Waals surface area contributed by atoms with E-state index < -0.39 is 0 Å². The number of aryl methyl sites for hydroxylation is 1. The molecule has 1 aliphatic rings. The molecule has 0 bridgehead atoms. The summed E-state index contributed by atoms with van der Waals surface area (Å²) in [5.74, 6) is 0.387. The van der Waals surface area contributed by atoms with Crippen LogP contribution in [-0.2, 0) is 4.79 Å². The standard InChI is InChI=1S/C13H16BrNO/c1-9-7-11(3-4-13(9)14)15-6-5-12(16)8-10(15)2/h3-4,7,10H,5-6,8H2,1-2H3.